The van der Waals surface area contributed by atoms with Crippen LogP contribution in [0.5, 0.6) is 0 Å². The van der Waals surface area contributed by atoms with Gasteiger partial charge in [-0.25, -0.2) is 0 Å². The van der Waals surface area contributed by atoms with E-state index in [2.05, 4.69) is 24.1 Å². The van der Waals surface area contributed by atoms with Crippen molar-refractivity contribution in [3.05, 3.63) is 47.5 Å². The van der Waals surface area contributed by atoms with Crippen molar-refractivity contribution < 1.29 is 19.1 Å². The molecule has 4 rings (SSSR count). The van der Waals surface area contributed by atoms with E-state index in [1.807, 2.05) is 24.3 Å². The molecule has 31 heavy (non-hydrogen) atoms. The number of morpholine rings is 1. The van der Waals surface area contributed by atoms with Gasteiger partial charge in [-0.1, -0.05) is 24.3 Å². The summed E-state index contributed by atoms with van der Waals surface area (Å²) in [5, 5.41) is 4.55. The van der Waals surface area contributed by atoms with E-state index >= 15 is 0 Å². The molecule has 0 aliphatic carbocycles. The Labute approximate surface area is 182 Å². The van der Waals surface area contributed by atoms with Gasteiger partial charge in [0.25, 0.3) is 11.8 Å². The van der Waals surface area contributed by atoms with Crippen molar-refractivity contribution in [1.29, 1.82) is 0 Å². The van der Waals surface area contributed by atoms with E-state index in [0.717, 1.165) is 30.4 Å². The lowest BCUT2D eigenvalue weighted by Gasteiger charge is -2.35. The van der Waals surface area contributed by atoms with Crippen LogP contribution in [-0.2, 0) is 9.53 Å². The monoisotopic (exact) mass is 423 g/mol. The Hall–Kier alpha value is -2.77. The minimum absolute atomic E-state index is 0.0613. The average molecular weight is 424 g/mol. The van der Waals surface area contributed by atoms with Crippen LogP contribution in [-0.4, -0.2) is 72.5 Å². The van der Waals surface area contributed by atoms with Gasteiger partial charge < -0.3 is 10.1 Å². The zero-order chi connectivity index (χ0) is 22.0. The summed E-state index contributed by atoms with van der Waals surface area (Å²) < 4.78 is 5.72. The molecule has 0 unspecified atom stereocenters. The number of benzene rings is 2. The first-order chi connectivity index (χ1) is 14.9. The molecule has 2 aliphatic heterocycles. The second-order valence-corrected chi connectivity index (χ2v) is 8.44. The Kier molecular flexibility index (Phi) is 6.34. The summed E-state index contributed by atoms with van der Waals surface area (Å²) in [4.78, 5) is 41.5. The van der Waals surface area contributed by atoms with Gasteiger partial charge in [0.2, 0.25) is 5.91 Å². The number of nitrogens with one attached hydrogen (secondary N) is 1. The lowest BCUT2D eigenvalue weighted by Crippen LogP contribution is -2.47. The van der Waals surface area contributed by atoms with Gasteiger partial charge in [0.1, 0.15) is 0 Å². The molecule has 7 nitrogen and oxygen atoms in total. The second kappa shape index (κ2) is 9.16. The maximum Gasteiger partial charge on any atom is 0.261 e. The Morgan fingerprint density at radius 2 is 1.61 bits per heavy atom. The van der Waals surface area contributed by atoms with Crippen LogP contribution in [0.1, 0.15) is 47.4 Å². The maximum atomic E-state index is 12.9. The molecule has 2 aliphatic rings. The Morgan fingerprint density at radius 1 is 1.00 bits per heavy atom. The molecule has 3 amide bonds. The average Bonchev–Trinajstić information content (AvgIpc) is 2.73. The van der Waals surface area contributed by atoms with Crippen LogP contribution in [0.15, 0.2) is 36.4 Å². The molecule has 1 fully saturated rings. The lowest BCUT2D eigenvalue weighted by molar-refractivity contribution is -0.121. The largest absolute Gasteiger partial charge is 0.373 e. The number of carbonyl (C=O) groups is 3. The number of nitrogens with zero attached hydrogens (tertiary/aromatic N) is 2. The van der Waals surface area contributed by atoms with E-state index in [4.69, 9.17) is 4.74 Å². The van der Waals surface area contributed by atoms with Crippen LogP contribution < -0.4 is 5.32 Å². The molecule has 0 bridgehead atoms. The van der Waals surface area contributed by atoms with Crippen molar-refractivity contribution in [2.75, 3.05) is 32.7 Å². The van der Waals surface area contributed by atoms with Crippen molar-refractivity contribution in [3.8, 4) is 0 Å². The summed E-state index contributed by atoms with van der Waals surface area (Å²) in [5.41, 5.74) is 1.09. The summed E-state index contributed by atoms with van der Waals surface area (Å²) in [6.07, 6.45) is 1.12. The first-order valence-electron chi connectivity index (χ1n) is 11.0. The molecule has 2 heterocycles. The van der Waals surface area contributed by atoms with Gasteiger partial charge in [0.05, 0.1) is 12.2 Å². The first kappa shape index (κ1) is 21.5. The van der Waals surface area contributed by atoms with Gasteiger partial charge in [0.15, 0.2) is 0 Å². The van der Waals surface area contributed by atoms with Crippen molar-refractivity contribution in [2.45, 2.75) is 38.9 Å². The molecule has 0 aromatic heterocycles. The number of amides is 3. The normalized spacial score (nSPS) is 21.5. The molecular weight excluding hydrogens is 394 g/mol. The van der Waals surface area contributed by atoms with E-state index in [9.17, 15) is 14.4 Å². The van der Waals surface area contributed by atoms with Crippen molar-refractivity contribution in [1.82, 2.24) is 15.1 Å². The van der Waals surface area contributed by atoms with Crippen LogP contribution >= 0.6 is 0 Å². The number of hydrogen-bond acceptors (Lipinski definition) is 5. The Morgan fingerprint density at radius 3 is 2.23 bits per heavy atom. The van der Waals surface area contributed by atoms with E-state index in [1.165, 1.54) is 4.90 Å². The molecule has 2 atom stereocenters. The van der Waals surface area contributed by atoms with Crippen LogP contribution in [0.2, 0.25) is 0 Å². The predicted molar refractivity (Wildman–Crippen MR) is 118 cm³/mol. The number of imide groups is 1. The summed E-state index contributed by atoms with van der Waals surface area (Å²) in [6, 6.07) is 11.0. The SMILES string of the molecule is C[C@H]1CN(CCNC(=O)CCCN2C(=O)c3cccc4cccc(c34)C2=O)C[C@H](C)O1. The third-order valence-electron chi connectivity index (χ3n) is 5.89. The molecule has 7 heteroatoms. The highest BCUT2D eigenvalue weighted by molar-refractivity contribution is 6.25. The predicted octanol–water partition coefficient (Wildman–Crippen LogP) is 2.44. The number of rotatable bonds is 7. The van der Waals surface area contributed by atoms with Crippen LogP contribution in [0.3, 0.4) is 0 Å². The highest BCUT2D eigenvalue weighted by Crippen LogP contribution is 2.30. The minimum Gasteiger partial charge on any atom is -0.373 e. The lowest BCUT2D eigenvalue weighted by atomic mass is 9.94. The van der Waals surface area contributed by atoms with E-state index in [0.29, 0.717) is 24.1 Å². The molecule has 0 radical (unpaired) electrons. The number of ether oxygens (including phenoxy) is 1. The molecule has 0 saturated carbocycles. The van der Waals surface area contributed by atoms with Crippen molar-refractivity contribution >= 4 is 28.5 Å². The maximum absolute atomic E-state index is 12.9. The molecule has 2 aromatic carbocycles. The Bertz CT molecular complexity index is 945. The molecule has 2 aromatic rings. The third-order valence-corrected chi connectivity index (χ3v) is 5.89. The first-order valence-corrected chi connectivity index (χ1v) is 11.0. The molecule has 1 saturated heterocycles. The Balaban J connectivity index is 1.27. The van der Waals surface area contributed by atoms with E-state index in [1.54, 1.807) is 12.1 Å². The van der Waals surface area contributed by atoms with Gasteiger partial charge in [0, 0.05) is 55.7 Å². The zero-order valence-corrected chi connectivity index (χ0v) is 18.1. The quantitative estimate of drug-likeness (QED) is 0.692. The summed E-state index contributed by atoms with van der Waals surface area (Å²) in [5.74, 6) is -0.635. The molecule has 164 valence electrons. The van der Waals surface area contributed by atoms with Gasteiger partial charge in [-0.05, 0) is 37.8 Å². The van der Waals surface area contributed by atoms with Crippen molar-refractivity contribution in [2.24, 2.45) is 0 Å². The topological polar surface area (TPSA) is 79.0 Å². The van der Waals surface area contributed by atoms with E-state index in [-0.39, 0.29) is 42.9 Å². The summed E-state index contributed by atoms with van der Waals surface area (Å²) in [7, 11) is 0. The van der Waals surface area contributed by atoms with Crippen LogP contribution in [0, 0.1) is 0 Å². The van der Waals surface area contributed by atoms with Gasteiger partial charge in [-0.15, -0.1) is 0 Å². The number of hydrogen-bond donors (Lipinski definition) is 1. The molecule has 1 N–H and O–H groups in total. The number of carbonyl (C=O) groups excluding carboxylic acids is 3. The van der Waals surface area contributed by atoms with E-state index < -0.39 is 0 Å². The zero-order valence-electron chi connectivity index (χ0n) is 18.1. The highest BCUT2D eigenvalue weighted by Gasteiger charge is 2.32. The standard InChI is InChI=1S/C24H29N3O4/c1-16-14-26(15-17(2)31-16)13-11-25-21(28)10-5-12-27-23(29)19-8-3-6-18-7-4-9-20(22(18)19)24(27)30/h3-4,6-9,16-17H,5,10-15H2,1-2H3,(H,25,28)/t16-,17-/m0/s1. The van der Waals surface area contributed by atoms with Gasteiger partial charge >= 0.3 is 0 Å². The smallest absolute Gasteiger partial charge is 0.261 e. The van der Waals surface area contributed by atoms with Crippen LogP contribution in [0.25, 0.3) is 10.8 Å². The molecule has 0 spiro atoms. The minimum atomic E-state index is -0.287. The summed E-state index contributed by atoms with van der Waals surface area (Å²) in [6.45, 7) is 7.45. The van der Waals surface area contributed by atoms with Gasteiger partial charge in [-0.3, -0.25) is 24.2 Å². The summed E-state index contributed by atoms with van der Waals surface area (Å²) >= 11 is 0. The fraction of sp³-hybridized carbons (Fsp3) is 0.458. The fourth-order valence-electron chi connectivity index (χ4n) is 4.59. The highest BCUT2D eigenvalue weighted by atomic mass is 16.5. The van der Waals surface area contributed by atoms with Crippen LogP contribution in [0.4, 0.5) is 0 Å². The molecular formula is C24H29N3O4. The van der Waals surface area contributed by atoms with Gasteiger partial charge in [-0.2, -0.15) is 0 Å². The second-order valence-electron chi connectivity index (χ2n) is 8.44. The third kappa shape index (κ3) is 4.62. The van der Waals surface area contributed by atoms with Crippen molar-refractivity contribution in [3.63, 3.8) is 0 Å². The fourth-order valence-corrected chi connectivity index (χ4v) is 4.59.